The summed E-state index contributed by atoms with van der Waals surface area (Å²) in [5, 5.41) is 21.0. The van der Waals surface area contributed by atoms with Crippen molar-refractivity contribution in [2.24, 2.45) is 0 Å². The summed E-state index contributed by atoms with van der Waals surface area (Å²) in [6, 6.07) is 4.18. The topological polar surface area (TPSA) is 86.0 Å². The monoisotopic (exact) mass is 287 g/mol. The quantitative estimate of drug-likeness (QED) is 0.753. The minimum Gasteiger partial charge on any atom is -0.481 e. The van der Waals surface area contributed by atoms with Gasteiger partial charge in [0.1, 0.15) is 11.9 Å². The summed E-state index contributed by atoms with van der Waals surface area (Å²) < 4.78 is 0. The van der Waals surface area contributed by atoms with Gasteiger partial charge in [-0.2, -0.15) is 5.26 Å². The molecule has 0 saturated carbocycles. The van der Waals surface area contributed by atoms with Crippen LogP contribution in [0.3, 0.4) is 0 Å². The molecule has 0 amide bonds. The van der Waals surface area contributed by atoms with Crippen molar-refractivity contribution < 1.29 is 9.90 Å². The third-order valence-electron chi connectivity index (χ3n) is 3.78. The van der Waals surface area contributed by atoms with E-state index in [1.807, 2.05) is 6.07 Å². The molecule has 0 saturated heterocycles. The summed E-state index contributed by atoms with van der Waals surface area (Å²) in [5.74, 6) is -0.0672. The first kappa shape index (κ1) is 15.3. The molecule has 1 aliphatic rings. The molecular weight excluding hydrogens is 266 g/mol. The number of carboxylic acid groups (broad SMARTS) is 1. The molecule has 0 unspecified atom stereocenters. The molecule has 1 aromatic heterocycles. The molecule has 1 heterocycles. The second-order valence-corrected chi connectivity index (χ2v) is 5.44. The van der Waals surface area contributed by atoms with E-state index in [9.17, 15) is 10.1 Å². The molecular formula is C16H21N3O2. The van der Waals surface area contributed by atoms with Crippen molar-refractivity contribution in [2.75, 3.05) is 11.9 Å². The fourth-order valence-electron chi connectivity index (χ4n) is 2.64. The standard InChI is InChI=1S/C16H21N3O2/c17-11-13-10-12-6-3-4-7-14(12)19-16(13)18-9-5-1-2-8-15(20)21/h10H,1-9H2,(H,18,19)(H,20,21). The molecule has 5 heteroatoms. The van der Waals surface area contributed by atoms with Crippen LogP contribution in [0, 0.1) is 11.3 Å². The van der Waals surface area contributed by atoms with Crippen molar-refractivity contribution in [3.8, 4) is 6.07 Å². The maximum absolute atomic E-state index is 10.4. The molecule has 21 heavy (non-hydrogen) atoms. The number of hydrogen-bond acceptors (Lipinski definition) is 4. The fraction of sp³-hybridized carbons (Fsp3) is 0.562. The van der Waals surface area contributed by atoms with Crippen molar-refractivity contribution in [3.63, 3.8) is 0 Å². The van der Waals surface area contributed by atoms with E-state index in [2.05, 4.69) is 16.4 Å². The van der Waals surface area contributed by atoms with Gasteiger partial charge in [-0.05, 0) is 50.2 Å². The number of nitrogens with one attached hydrogen (secondary N) is 1. The van der Waals surface area contributed by atoms with Gasteiger partial charge >= 0.3 is 5.97 Å². The Morgan fingerprint density at radius 1 is 1.33 bits per heavy atom. The second-order valence-electron chi connectivity index (χ2n) is 5.44. The maximum atomic E-state index is 10.4. The van der Waals surface area contributed by atoms with Gasteiger partial charge in [-0.3, -0.25) is 4.79 Å². The Labute approximate surface area is 125 Å². The highest BCUT2D eigenvalue weighted by atomic mass is 16.4. The van der Waals surface area contributed by atoms with Crippen LogP contribution in [0.15, 0.2) is 6.07 Å². The van der Waals surface area contributed by atoms with Crippen LogP contribution in [0.5, 0.6) is 0 Å². The van der Waals surface area contributed by atoms with Gasteiger partial charge in [-0.1, -0.05) is 6.42 Å². The lowest BCUT2D eigenvalue weighted by Gasteiger charge is -2.17. The molecule has 0 spiro atoms. The van der Waals surface area contributed by atoms with Crippen LogP contribution in [-0.2, 0) is 17.6 Å². The Hall–Kier alpha value is -2.09. The number of aliphatic carboxylic acids is 1. The van der Waals surface area contributed by atoms with Crippen LogP contribution < -0.4 is 5.32 Å². The van der Waals surface area contributed by atoms with E-state index in [-0.39, 0.29) is 6.42 Å². The predicted molar refractivity (Wildman–Crippen MR) is 80.2 cm³/mol. The number of rotatable bonds is 7. The fourth-order valence-corrected chi connectivity index (χ4v) is 2.64. The molecule has 0 aliphatic heterocycles. The number of fused-ring (bicyclic) bond motifs is 1. The van der Waals surface area contributed by atoms with E-state index in [1.54, 1.807) is 0 Å². The Balaban J connectivity index is 1.87. The second kappa shape index (κ2) is 7.63. The van der Waals surface area contributed by atoms with Gasteiger partial charge in [0.25, 0.3) is 0 Å². The molecule has 112 valence electrons. The summed E-state index contributed by atoms with van der Waals surface area (Å²) in [6.07, 6.45) is 7.03. The highest BCUT2D eigenvalue weighted by Gasteiger charge is 2.14. The molecule has 0 atom stereocenters. The van der Waals surface area contributed by atoms with Crippen LogP contribution >= 0.6 is 0 Å². The van der Waals surface area contributed by atoms with Crippen LogP contribution in [-0.4, -0.2) is 22.6 Å². The summed E-state index contributed by atoms with van der Waals surface area (Å²) in [4.78, 5) is 15.0. The van der Waals surface area contributed by atoms with E-state index in [0.717, 1.165) is 37.9 Å². The molecule has 1 aliphatic carbocycles. The van der Waals surface area contributed by atoms with Crippen molar-refractivity contribution in [2.45, 2.75) is 51.4 Å². The summed E-state index contributed by atoms with van der Waals surface area (Å²) in [5.41, 5.74) is 2.94. The number of unbranched alkanes of at least 4 members (excludes halogenated alkanes) is 2. The number of hydrogen-bond donors (Lipinski definition) is 2. The molecule has 0 bridgehead atoms. The van der Waals surface area contributed by atoms with Crippen LogP contribution in [0.2, 0.25) is 0 Å². The van der Waals surface area contributed by atoms with E-state index >= 15 is 0 Å². The molecule has 2 N–H and O–H groups in total. The Kier molecular flexibility index (Phi) is 5.56. The number of aromatic nitrogens is 1. The SMILES string of the molecule is N#Cc1cc2c(nc1NCCCCCC(=O)O)CCCC2. The first-order valence-corrected chi connectivity index (χ1v) is 7.59. The third-order valence-corrected chi connectivity index (χ3v) is 3.78. The average molecular weight is 287 g/mol. The Bertz CT molecular complexity index is 549. The number of nitrogens with zero attached hydrogens (tertiary/aromatic N) is 2. The molecule has 0 radical (unpaired) electrons. The number of carboxylic acids is 1. The van der Waals surface area contributed by atoms with Gasteiger partial charge < -0.3 is 10.4 Å². The number of carbonyl (C=O) groups is 1. The van der Waals surface area contributed by atoms with E-state index in [0.29, 0.717) is 17.8 Å². The van der Waals surface area contributed by atoms with Crippen LogP contribution in [0.25, 0.3) is 0 Å². The van der Waals surface area contributed by atoms with Gasteiger partial charge in [0.2, 0.25) is 0 Å². The summed E-state index contributed by atoms with van der Waals surface area (Å²) in [6.45, 7) is 0.722. The lowest BCUT2D eigenvalue weighted by molar-refractivity contribution is -0.137. The van der Waals surface area contributed by atoms with Gasteiger partial charge in [-0.15, -0.1) is 0 Å². The third kappa shape index (κ3) is 4.45. The number of pyridine rings is 1. The lowest BCUT2D eigenvalue weighted by Crippen LogP contribution is -2.11. The molecule has 2 rings (SSSR count). The zero-order valence-corrected chi connectivity index (χ0v) is 12.2. The first-order valence-electron chi connectivity index (χ1n) is 7.59. The summed E-state index contributed by atoms with van der Waals surface area (Å²) in [7, 11) is 0. The Morgan fingerprint density at radius 3 is 2.90 bits per heavy atom. The average Bonchev–Trinajstić information content (AvgIpc) is 2.49. The van der Waals surface area contributed by atoms with Gasteiger partial charge in [0.15, 0.2) is 0 Å². The maximum Gasteiger partial charge on any atom is 0.303 e. The van der Waals surface area contributed by atoms with Crippen LogP contribution in [0.4, 0.5) is 5.82 Å². The molecule has 5 nitrogen and oxygen atoms in total. The minimum atomic E-state index is -0.744. The van der Waals surface area contributed by atoms with Gasteiger partial charge in [0, 0.05) is 18.7 Å². The normalized spacial score (nSPS) is 13.3. The highest BCUT2D eigenvalue weighted by Crippen LogP contribution is 2.24. The first-order chi connectivity index (χ1) is 10.2. The number of anilines is 1. The van der Waals surface area contributed by atoms with Crippen molar-refractivity contribution >= 4 is 11.8 Å². The Morgan fingerprint density at radius 2 is 2.14 bits per heavy atom. The van der Waals surface area contributed by atoms with Crippen molar-refractivity contribution in [3.05, 3.63) is 22.9 Å². The van der Waals surface area contributed by atoms with E-state index in [4.69, 9.17) is 5.11 Å². The van der Waals surface area contributed by atoms with Gasteiger partial charge in [-0.25, -0.2) is 4.98 Å². The van der Waals surface area contributed by atoms with Crippen molar-refractivity contribution in [1.29, 1.82) is 5.26 Å². The highest BCUT2D eigenvalue weighted by molar-refractivity contribution is 5.66. The minimum absolute atomic E-state index is 0.223. The number of nitriles is 1. The smallest absolute Gasteiger partial charge is 0.303 e. The molecule has 0 aromatic carbocycles. The van der Waals surface area contributed by atoms with Gasteiger partial charge in [0.05, 0.1) is 5.56 Å². The molecule has 1 aromatic rings. The molecule has 0 fully saturated rings. The zero-order valence-electron chi connectivity index (χ0n) is 12.2. The zero-order chi connectivity index (χ0) is 15.1. The van der Waals surface area contributed by atoms with Crippen LogP contribution in [0.1, 0.15) is 55.3 Å². The number of aryl methyl sites for hydroxylation is 2. The largest absolute Gasteiger partial charge is 0.481 e. The van der Waals surface area contributed by atoms with E-state index < -0.39 is 5.97 Å². The van der Waals surface area contributed by atoms with Crippen molar-refractivity contribution in [1.82, 2.24) is 4.98 Å². The summed E-state index contributed by atoms with van der Waals surface area (Å²) >= 11 is 0. The lowest BCUT2D eigenvalue weighted by atomic mass is 9.95. The predicted octanol–water partition coefficient (Wildman–Crippen LogP) is 2.89. The van der Waals surface area contributed by atoms with E-state index in [1.165, 1.54) is 18.4 Å².